The summed E-state index contributed by atoms with van der Waals surface area (Å²) >= 11 is 0. The minimum absolute atomic E-state index is 0.135. The van der Waals surface area contributed by atoms with E-state index in [9.17, 15) is 18.2 Å². The Labute approximate surface area is 204 Å². The van der Waals surface area contributed by atoms with Gasteiger partial charge in [-0.2, -0.15) is 0 Å². The highest BCUT2D eigenvalue weighted by Crippen LogP contribution is 2.30. The topological polar surface area (TPSA) is 66.5 Å². The molecule has 7 heteroatoms. The van der Waals surface area contributed by atoms with Gasteiger partial charge in [-0.3, -0.25) is 13.8 Å². The van der Waals surface area contributed by atoms with Gasteiger partial charge in [-0.25, -0.2) is 4.39 Å². The van der Waals surface area contributed by atoms with Crippen LogP contribution in [0.5, 0.6) is 0 Å². The maximum atomic E-state index is 13.5. The van der Waals surface area contributed by atoms with Gasteiger partial charge in [-0.05, 0) is 36.1 Å². The van der Waals surface area contributed by atoms with Gasteiger partial charge in [0.05, 0.1) is 18.2 Å². The van der Waals surface area contributed by atoms with Gasteiger partial charge in [-0.15, -0.1) is 0 Å². The number of carbonyl (C=O) groups is 2. The van der Waals surface area contributed by atoms with E-state index in [1.54, 1.807) is 12.1 Å². The number of hydrogen-bond donors (Lipinski definition) is 1. The third kappa shape index (κ3) is 6.75. The van der Waals surface area contributed by atoms with Crippen molar-refractivity contribution in [3.63, 3.8) is 0 Å². The quantitative estimate of drug-likeness (QED) is 0.311. The van der Waals surface area contributed by atoms with Gasteiger partial charge in [0.1, 0.15) is 17.2 Å². The van der Waals surface area contributed by atoms with Crippen LogP contribution in [0.15, 0.2) is 54.6 Å². The number of unbranched alkanes of at least 4 members (excludes halogenated alkanes) is 2. The third-order valence-electron chi connectivity index (χ3n) is 6.29. The van der Waals surface area contributed by atoms with Crippen molar-refractivity contribution in [2.24, 2.45) is 0 Å². The fraction of sp³-hybridized carbons (Fsp3) is 0.481. The Hall–Kier alpha value is -2.54. The Kier molecular flexibility index (Phi) is 9.81. The van der Waals surface area contributed by atoms with Crippen LogP contribution >= 0.6 is 0 Å². The SMILES string of the molecule is CCCCCC(NC(=O)C(CCC)N1C(=O)CC1S(=O)Cc1ccccc1)c1ccc(F)cc1. The van der Waals surface area contributed by atoms with Crippen molar-refractivity contribution >= 4 is 22.6 Å². The molecule has 2 aromatic rings. The van der Waals surface area contributed by atoms with Gasteiger partial charge in [0.2, 0.25) is 11.8 Å². The van der Waals surface area contributed by atoms with E-state index in [-0.39, 0.29) is 30.1 Å². The first-order chi connectivity index (χ1) is 16.4. The van der Waals surface area contributed by atoms with E-state index in [1.165, 1.54) is 17.0 Å². The Morgan fingerprint density at radius 3 is 2.38 bits per heavy atom. The number of rotatable bonds is 13. The van der Waals surface area contributed by atoms with Gasteiger partial charge >= 0.3 is 0 Å². The van der Waals surface area contributed by atoms with E-state index in [0.717, 1.165) is 43.2 Å². The summed E-state index contributed by atoms with van der Waals surface area (Å²) in [5.41, 5.74) is 1.80. The second kappa shape index (κ2) is 12.8. The molecule has 0 spiro atoms. The first-order valence-electron chi connectivity index (χ1n) is 12.2. The molecule has 1 saturated heterocycles. The van der Waals surface area contributed by atoms with Crippen molar-refractivity contribution in [3.05, 3.63) is 71.5 Å². The zero-order valence-electron chi connectivity index (χ0n) is 20.0. The number of likely N-dealkylation sites (tertiary alicyclic amines) is 1. The second-order valence-corrected chi connectivity index (χ2v) is 10.5. The molecule has 0 aromatic heterocycles. The van der Waals surface area contributed by atoms with Crippen LogP contribution < -0.4 is 5.32 Å². The van der Waals surface area contributed by atoms with Gasteiger partial charge < -0.3 is 10.2 Å². The van der Waals surface area contributed by atoms with Crippen LogP contribution in [-0.2, 0) is 26.1 Å². The lowest BCUT2D eigenvalue weighted by Crippen LogP contribution is -2.63. The van der Waals surface area contributed by atoms with Crippen LogP contribution in [-0.4, -0.2) is 32.3 Å². The van der Waals surface area contributed by atoms with Gasteiger partial charge in [0, 0.05) is 10.8 Å². The molecule has 0 radical (unpaired) electrons. The number of nitrogens with zero attached hydrogens (tertiary/aromatic N) is 1. The summed E-state index contributed by atoms with van der Waals surface area (Å²) in [6.45, 7) is 4.09. The smallest absolute Gasteiger partial charge is 0.243 e. The molecule has 0 saturated carbocycles. The predicted molar refractivity (Wildman–Crippen MR) is 134 cm³/mol. The maximum Gasteiger partial charge on any atom is 0.243 e. The lowest BCUT2D eigenvalue weighted by atomic mass is 9.98. The summed E-state index contributed by atoms with van der Waals surface area (Å²) in [4.78, 5) is 27.6. The number of halogens is 1. The predicted octanol–water partition coefficient (Wildman–Crippen LogP) is 5.24. The summed E-state index contributed by atoms with van der Waals surface area (Å²) < 4.78 is 26.5. The van der Waals surface area contributed by atoms with Crippen molar-refractivity contribution in [2.45, 2.75) is 82.0 Å². The van der Waals surface area contributed by atoms with E-state index in [0.29, 0.717) is 12.2 Å². The second-order valence-electron chi connectivity index (χ2n) is 8.88. The van der Waals surface area contributed by atoms with Crippen molar-refractivity contribution in [1.29, 1.82) is 0 Å². The van der Waals surface area contributed by atoms with Crippen LogP contribution in [0.4, 0.5) is 4.39 Å². The van der Waals surface area contributed by atoms with E-state index in [1.807, 2.05) is 37.3 Å². The molecule has 184 valence electrons. The molecule has 4 unspecified atom stereocenters. The molecule has 0 bridgehead atoms. The van der Waals surface area contributed by atoms with E-state index in [2.05, 4.69) is 12.2 Å². The standard InChI is InChI=1S/C27H35FN2O3S/c1-3-5-7-13-23(21-14-16-22(28)17-15-21)29-27(32)24(10-4-2)30-25(31)18-26(30)34(33)19-20-11-8-6-9-12-20/h6,8-9,11-12,14-17,23-24,26H,3-5,7,10,13,18-19H2,1-2H3,(H,29,32). The van der Waals surface area contributed by atoms with Crippen LogP contribution in [0, 0.1) is 5.82 Å². The number of hydrogen-bond acceptors (Lipinski definition) is 3. The summed E-state index contributed by atoms with van der Waals surface area (Å²) in [5, 5.41) is 2.66. The zero-order chi connectivity index (χ0) is 24.5. The largest absolute Gasteiger partial charge is 0.348 e. The highest BCUT2D eigenvalue weighted by atomic mass is 32.2. The fourth-order valence-electron chi connectivity index (χ4n) is 4.38. The molecule has 1 aliphatic heterocycles. The van der Waals surface area contributed by atoms with Crippen molar-refractivity contribution in [1.82, 2.24) is 10.2 Å². The van der Waals surface area contributed by atoms with Crippen LogP contribution in [0.2, 0.25) is 0 Å². The lowest BCUT2D eigenvalue weighted by Gasteiger charge is -2.44. The zero-order valence-corrected chi connectivity index (χ0v) is 20.9. The molecular weight excluding hydrogens is 451 g/mol. The maximum absolute atomic E-state index is 13.5. The minimum atomic E-state index is -1.29. The summed E-state index contributed by atoms with van der Waals surface area (Å²) in [6.07, 6.45) is 5.19. The summed E-state index contributed by atoms with van der Waals surface area (Å²) in [5.74, 6) is -0.335. The summed E-state index contributed by atoms with van der Waals surface area (Å²) in [7, 11) is -1.29. The molecule has 5 nitrogen and oxygen atoms in total. The molecule has 34 heavy (non-hydrogen) atoms. The van der Waals surface area contributed by atoms with E-state index in [4.69, 9.17) is 0 Å². The molecule has 4 atom stereocenters. The van der Waals surface area contributed by atoms with Crippen LogP contribution in [0.25, 0.3) is 0 Å². The number of nitrogens with one attached hydrogen (secondary N) is 1. The molecule has 3 rings (SSSR count). The monoisotopic (exact) mass is 486 g/mol. The molecule has 1 heterocycles. The number of benzene rings is 2. The first kappa shape index (κ1) is 26.1. The van der Waals surface area contributed by atoms with Gasteiger partial charge in [-0.1, -0.05) is 82.0 Å². The Balaban J connectivity index is 1.74. The van der Waals surface area contributed by atoms with Crippen molar-refractivity contribution in [2.75, 3.05) is 0 Å². The van der Waals surface area contributed by atoms with Crippen LogP contribution in [0.3, 0.4) is 0 Å². The number of amides is 2. The minimum Gasteiger partial charge on any atom is -0.348 e. The van der Waals surface area contributed by atoms with Gasteiger partial charge in [0.15, 0.2) is 0 Å². The van der Waals surface area contributed by atoms with E-state index < -0.39 is 22.2 Å². The van der Waals surface area contributed by atoms with Crippen LogP contribution in [0.1, 0.15) is 76.0 Å². The normalized spacial score (nSPS) is 18.1. The highest BCUT2D eigenvalue weighted by Gasteiger charge is 2.46. The Bertz CT molecular complexity index is 968. The first-order valence-corrected chi connectivity index (χ1v) is 13.6. The highest BCUT2D eigenvalue weighted by molar-refractivity contribution is 7.85. The molecule has 1 fully saturated rings. The number of β-lactam (4-membered cyclic amide) rings is 1. The van der Waals surface area contributed by atoms with Crippen molar-refractivity contribution < 1.29 is 18.2 Å². The summed E-state index contributed by atoms with van der Waals surface area (Å²) in [6, 6.07) is 14.8. The lowest BCUT2D eigenvalue weighted by molar-refractivity contribution is -0.151. The average molecular weight is 487 g/mol. The molecule has 1 aliphatic rings. The fourth-order valence-corrected chi connectivity index (χ4v) is 5.94. The third-order valence-corrected chi connectivity index (χ3v) is 7.91. The molecule has 2 aromatic carbocycles. The Morgan fingerprint density at radius 1 is 1.06 bits per heavy atom. The molecular formula is C27H35FN2O3S. The average Bonchev–Trinajstić information content (AvgIpc) is 2.82. The molecule has 1 N–H and O–H groups in total. The van der Waals surface area contributed by atoms with Crippen molar-refractivity contribution in [3.8, 4) is 0 Å². The molecule has 0 aliphatic carbocycles. The van der Waals surface area contributed by atoms with E-state index >= 15 is 0 Å². The number of carbonyl (C=O) groups excluding carboxylic acids is 2. The Morgan fingerprint density at radius 2 is 1.76 bits per heavy atom. The van der Waals surface area contributed by atoms with Gasteiger partial charge in [0.25, 0.3) is 0 Å². The molecule has 2 amide bonds.